The molecule has 22 heteroatoms. The minimum absolute atomic E-state index is 0.171. The molecule has 0 radical (unpaired) electrons. The molecule has 18 nitrogen and oxygen atoms in total. The fraction of sp³-hybridized carbons (Fsp3) is 0.267. The summed E-state index contributed by atoms with van der Waals surface area (Å²) in [6.07, 6.45) is 1.25. The van der Waals surface area contributed by atoms with Gasteiger partial charge in [-0.15, -0.1) is 0 Å². The summed E-state index contributed by atoms with van der Waals surface area (Å²) in [5, 5.41) is 9.12. The molecule has 0 saturated carbocycles. The number of fused-ring (bicyclic) bond motifs is 12. The van der Waals surface area contributed by atoms with Crippen molar-refractivity contribution in [1.29, 1.82) is 0 Å². The predicted molar refractivity (Wildman–Crippen MR) is 262 cm³/mol. The average molecular weight is 971 g/mol. The first-order chi connectivity index (χ1) is 32.1. The van der Waals surface area contributed by atoms with Gasteiger partial charge in [0, 0.05) is 0 Å². The maximum atomic E-state index is 13.0. The number of amidine groups is 4. The molecule has 0 saturated heterocycles. The molecule has 0 aliphatic carbocycles. The van der Waals surface area contributed by atoms with Crippen LogP contribution in [0.1, 0.15) is 35.1 Å². The van der Waals surface area contributed by atoms with Gasteiger partial charge in [-0.1, -0.05) is 0 Å². The van der Waals surface area contributed by atoms with Crippen LogP contribution in [0.25, 0.3) is 21.5 Å². The third kappa shape index (κ3) is 5.18. The summed E-state index contributed by atoms with van der Waals surface area (Å²) in [4.78, 5) is 36.0. The standard InChI is InChI=1S/C45H50N12O6SSi3/c1-65(2,27-13-23-46)62-67(63-66(3,4)28-14-24-48-45(58)49-25-26-64(59,60)61-47)54-37-29-15-5-6-16-30(29)38(54)51-40-33-19-9-10-20-34(33)42(56(40)67)53-44-36-22-12-11-21-35(36)43(57(44)67)52-41-32-18-8-7-17-31(32)39(50-37)55(41)67/h5-12,15-22H,13-14,23-28,46-47H2,1-4H3,(H2,48,49,58). The van der Waals surface area contributed by atoms with E-state index in [0.29, 0.717) is 71.0 Å². The third-order valence-corrected chi connectivity index (χ3v) is 31.8. The van der Waals surface area contributed by atoms with Crippen molar-refractivity contribution in [2.75, 3.05) is 25.4 Å². The van der Waals surface area contributed by atoms with E-state index in [1.165, 1.54) is 0 Å². The van der Waals surface area contributed by atoms with Crippen molar-refractivity contribution < 1.29 is 34.2 Å². The molecule has 0 atom stereocenters. The first-order valence-corrected chi connectivity index (χ1v) is 33.1. The number of carbonyl (C=O) groups excluding carboxylic acids is 1. The Morgan fingerprint density at radius 2 is 1.09 bits per heavy atom. The van der Waals surface area contributed by atoms with Gasteiger partial charge >= 0.3 is 383 Å². The van der Waals surface area contributed by atoms with Gasteiger partial charge in [0.1, 0.15) is 0 Å². The van der Waals surface area contributed by atoms with Crippen LogP contribution in [0.5, 0.6) is 0 Å². The van der Waals surface area contributed by atoms with Crippen molar-refractivity contribution in [2.24, 2.45) is 31.6 Å². The van der Waals surface area contributed by atoms with Crippen molar-refractivity contribution in [3.05, 3.63) is 130 Å². The zero-order chi connectivity index (χ0) is 46.4. The summed E-state index contributed by atoms with van der Waals surface area (Å²) >= 11 is 0. The van der Waals surface area contributed by atoms with E-state index in [2.05, 4.69) is 107 Å². The van der Waals surface area contributed by atoms with Gasteiger partial charge in [0.15, 0.2) is 0 Å². The molecule has 6 aliphatic rings. The van der Waals surface area contributed by atoms with E-state index in [0.717, 1.165) is 50.2 Å². The van der Waals surface area contributed by atoms with Crippen molar-refractivity contribution in [2.45, 2.75) is 51.1 Å². The van der Waals surface area contributed by atoms with E-state index in [1.54, 1.807) is 0 Å². The number of carbonyl (C=O) groups is 1. The Bertz CT molecular complexity index is 3500. The molecule has 6 aromatic rings. The van der Waals surface area contributed by atoms with Crippen molar-refractivity contribution in [1.82, 2.24) is 19.1 Å². The summed E-state index contributed by atoms with van der Waals surface area (Å²) in [5.74, 6) is 8.44. The molecule has 0 fully saturated rings. The fourth-order valence-electron chi connectivity index (χ4n) is 11.9. The molecule has 8 heterocycles. The van der Waals surface area contributed by atoms with Gasteiger partial charge in [0.05, 0.1) is 0 Å². The number of nitrogens with zero attached hydrogens (tertiary/aromatic N) is 8. The van der Waals surface area contributed by atoms with Crippen molar-refractivity contribution in [3.8, 4) is 0 Å². The first kappa shape index (κ1) is 42.3. The minimum atomic E-state index is -6.81. The summed E-state index contributed by atoms with van der Waals surface area (Å²) in [7, 11) is -17.1. The summed E-state index contributed by atoms with van der Waals surface area (Å²) < 4.78 is 54.9. The zero-order valence-corrected chi connectivity index (χ0v) is 41.3. The normalized spacial score (nSPS) is 19.1. The van der Waals surface area contributed by atoms with Crippen LogP contribution in [0, 0.1) is 0 Å². The van der Waals surface area contributed by atoms with Crippen LogP contribution in [0.3, 0.4) is 0 Å². The van der Waals surface area contributed by atoms with Crippen molar-refractivity contribution in [3.63, 3.8) is 0 Å². The Morgan fingerprint density at radius 3 is 1.58 bits per heavy atom. The van der Waals surface area contributed by atoms with Crippen LogP contribution in [-0.2, 0) is 22.6 Å². The molecule has 12 rings (SSSR count). The Balaban J connectivity index is 1.22. The van der Waals surface area contributed by atoms with E-state index in [-0.39, 0.29) is 13.1 Å². The molecule has 2 amide bonds. The molecule has 4 aromatic carbocycles. The molecule has 2 aromatic heterocycles. The van der Waals surface area contributed by atoms with Crippen LogP contribution in [0.15, 0.2) is 117 Å². The van der Waals surface area contributed by atoms with Gasteiger partial charge in [-0.25, -0.2) is 0 Å². The monoisotopic (exact) mass is 970 g/mol. The number of nitrogens with two attached hydrogens (primary N) is 2. The summed E-state index contributed by atoms with van der Waals surface area (Å²) in [5.41, 5.74) is 11.3. The summed E-state index contributed by atoms with van der Waals surface area (Å²) in [6, 6.07) is 34.0. The molecular weight excluding hydrogens is 921 g/mol. The van der Waals surface area contributed by atoms with Gasteiger partial charge in [-0.05, 0) is 0 Å². The van der Waals surface area contributed by atoms with Crippen LogP contribution in [-0.4, -0.2) is 105 Å². The Morgan fingerprint density at radius 1 is 0.642 bits per heavy atom. The second-order valence-corrected chi connectivity index (χ2v) is 35.2. The molecule has 1 spiro atoms. The molecule has 0 bridgehead atoms. The molecular formula is C45H50N12O6SSi3. The molecule has 344 valence electrons. The SMILES string of the molecule is C[Si](C)(CCCN)O[Si-2]123(O[Si](C)(C)CCCNC(=O)NCCS(=O)(=O)ON)n4c5c6ccccc6c4N=C4c6ccccc6C(=[N+]41)N=c1c4ccccc4c(n12)=NC1=[N+]3C(=N5)c2ccccc21. The van der Waals surface area contributed by atoms with Gasteiger partial charge in [0.25, 0.3) is 0 Å². The molecule has 0 unspecified atom stereocenters. The number of rotatable bonds is 15. The predicted octanol–water partition coefficient (Wildman–Crippen LogP) is 4.03. The number of benzene rings is 4. The van der Waals surface area contributed by atoms with Crippen LogP contribution in [0.2, 0.25) is 38.3 Å². The quantitative estimate of drug-likeness (QED) is 0.0668. The first-order valence-electron chi connectivity index (χ1n) is 22.6. The topological polar surface area (TPSA) is 220 Å². The van der Waals surface area contributed by atoms with Gasteiger partial charge in [-0.2, -0.15) is 5.90 Å². The van der Waals surface area contributed by atoms with E-state index in [1.807, 2.05) is 48.5 Å². The Kier molecular flexibility index (Phi) is 8.68. The van der Waals surface area contributed by atoms with Gasteiger partial charge in [-0.3, -0.25) is 0 Å². The number of hydrogen-bond donors (Lipinski definition) is 4. The maximum absolute atomic E-state index is 13.0. The average Bonchev–Trinajstić information content (AvgIpc) is 4.03. The molecule has 67 heavy (non-hydrogen) atoms. The molecule has 6 N–H and O–H groups in total. The number of aliphatic imine (C=N–C) groups is 2. The Hall–Kier alpha value is -6.09. The Labute approximate surface area is 387 Å². The summed E-state index contributed by atoms with van der Waals surface area (Å²) in [6.45, 7) is 9.59. The number of nitrogens with one attached hydrogen (secondary N) is 2. The number of aromatic nitrogens is 2. The second kappa shape index (κ2) is 13.8. The van der Waals surface area contributed by atoms with E-state index >= 15 is 0 Å². The van der Waals surface area contributed by atoms with Crippen LogP contribution < -0.4 is 33.2 Å². The second-order valence-electron chi connectivity index (χ2n) is 19.2. The van der Waals surface area contributed by atoms with Crippen LogP contribution in [0.4, 0.5) is 16.4 Å². The van der Waals surface area contributed by atoms with E-state index in [4.69, 9.17) is 39.8 Å². The fourth-order valence-corrected chi connectivity index (χ4v) is 34.7. The molecule has 6 aliphatic heterocycles. The number of urea groups is 1. The number of hydrogen-bond acceptors (Lipinski definition) is 12. The third-order valence-electron chi connectivity index (χ3n) is 14.1. The van der Waals surface area contributed by atoms with E-state index in [9.17, 15) is 13.2 Å². The zero-order valence-electron chi connectivity index (χ0n) is 37.5. The van der Waals surface area contributed by atoms with Crippen LogP contribution >= 0.6 is 0 Å². The van der Waals surface area contributed by atoms with Gasteiger partial charge in [0.2, 0.25) is 0 Å². The van der Waals surface area contributed by atoms with Gasteiger partial charge < -0.3 is 0 Å². The number of amides is 2. The van der Waals surface area contributed by atoms with E-state index < -0.39 is 46.3 Å². The van der Waals surface area contributed by atoms with Crippen molar-refractivity contribution >= 4 is 97.1 Å².